The number of nitrogens with zero attached hydrogens (tertiary/aromatic N) is 7. The van der Waals surface area contributed by atoms with Crippen molar-refractivity contribution in [3.63, 3.8) is 0 Å². The number of aromatic amines is 1. The number of aryl methyl sites for hydroxylation is 1. The van der Waals surface area contributed by atoms with E-state index in [4.69, 9.17) is 9.72 Å². The average molecular weight is 627 g/mol. The first-order valence-electron chi connectivity index (χ1n) is 16.3. The molecule has 1 fully saturated rings. The van der Waals surface area contributed by atoms with Crippen LogP contribution in [0.1, 0.15) is 60.6 Å². The predicted octanol–water partition coefficient (Wildman–Crippen LogP) is 6.94. The smallest absolute Gasteiger partial charge is 0.324 e. The van der Waals surface area contributed by atoms with Gasteiger partial charge in [-0.15, -0.1) is 10.2 Å². The van der Waals surface area contributed by atoms with Gasteiger partial charge in [-0.05, 0) is 54.3 Å². The van der Waals surface area contributed by atoms with Crippen molar-refractivity contribution in [3.8, 4) is 5.75 Å². The Kier molecular flexibility index (Phi) is 8.90. The summed E-state index contributed by atoms with van der Waals surface area (Å²) in [6.45, 7) is 4.91. The minimum absolute atomic E-state index is 0.0435. The summed E-state index contributed by atoms with van der Waals surface area (Å²) in [4.78, 5) is 22.6. The lowest BCUT2D eigenvalue weighted by molar-refractivity contribution is 0.192. The maximum atomic E-state index is 13.7. The number of hydrogen-bond acceptors (Lipinski definition) is 6. The van der Waals surface area contributed by atoms with Crippen molar-refractivity contribution in [2.45, 2.75) is 51.8 Å². The van der Waals surface area contributed by atoms with Crippen molar-refractivity contribution in [1.82, 2.24) is 35.1 Å². The SMILES string of the molecule is CCCCc1nc2ccc(N3CCCN(Cc4ccccc4)C3=O)cc2n1Cc1ccc(OC(c2ccccc2)c2nn[nH]n2)cc1. The Morgan fingerprint density at radius 2 is 1.64 bits per heavy atom. The van der Waals surface area contributed by atoms with E-state index in [0.717, 1.165) is 71.5 Å². The third-order valence-corrected chi connectivity index (χ3v) is 8.62. The Bertz CT molecular complexity index is 1910. The van der Waals surface area contributed by atoms with Crippen molar-refractivity contribution in [3.05, 3.63) is 131 Å². The van der Waals surface area contributed by atoms with Crippen LogP contribution in [0.4, 0.5) is 10.5 Å². The molecule has 2 amide bonds. The summed E-state index contributed by atoms with van der Waals surface area (Å²) in [5.74, 6) is 2.23. The normalized spacial score (nSPS) is 14.1. The summed E-state index contributed by atoms with van der Waals surface area (Å²) in [5, 5.41) is 14.6. The molecule has 1 aliphatic heterocycles. The number of carbonyl (C=O) groups is 1. The molecule has 10 heteroatoms. The number of H-pyrrole nitrogens is 1. The molecule has 1 unspecified atom stereocenters. The number of urea groups is 1. The summed E-state index contributed by atoms with van der Waals surface area (Å²) in [7, 11) is 0. The van der Waals surface area contributed by atoms with E-state index < -0.39 is 6.10 Å². The first-order chi connectivity index (χ1) is 23.2. The number of amides is 2. The number of carbonyl (C=O) groups excluding carboxylic acids is 1. The van der Waals surface area contributed by atoms with Crippen molar-refractivity contribution in [2.24, 2.45) is 0 Å². The Labute approximate surface area is 274 Å². The molecule has 7 rings (SSSR count). The number of ether oxygens (including phenoxy) is 1. The number of anilines is 1. The fourth-order valence-electron chi connectivity index (χ4n) is 6.17. The van der Waals surface area contributed by atoms with Crippen LogP contribution >= 0.6 is 0 Å². The molecule has 0 saturated carbocycles. The number of benzene rings is 4. The van der Waals surface area contributed by atoms with Crippen LogP contribution < -0.4 is 9.64 Å². The van der Waals surface area contributed by atoms with Crippen molar-refractivity contribution < 1.29 is 9.53 Å². The molecule has 1 saturated heterocycles. The fraction of sp³-hybridized carbons (Fsp3) is 0.270. The number of fused-ring (bicyclic) bond motifs is 1. The number of unbranched alkanes of at least 4 members (excludes halogenated alkanes) is 1. The summed E-state index contributed by atoms with van der Waals surface area (Å²) >= 11 is 0. The van der Waals surface area contributed by atoms with E-state index in [9.17, 15) is 4.79 Å². The van der Waals surface area contributed by atoms with E-state index in [1.165, 1.54) is 0 Å². The molecular formula is C37H38N8O2. The van der Waals surface area contributed by atoms with E-state index in [0.29, 0.717) is 31.2 Å². The van der Waals surface area contributed by atoms with E-state index in [1.807, 2.05) is 76.5 Å². The maximum absolute atomic E-state index is 13.7. The Hall–Kier alpha value is -5.51. The van der Waals surface area contributed by atoms with Crippen molar-refractivity contribution in [1.29, 1.82) is 0 Å². The van der Waals surface area contributed by atoms with Gasteiger partial charge >= 0.3 is 6.03 Å². The van der Waals surface area contributed by atoms with E-state index in [2.05, 4.69) is 68.5 Å². The van der Waals surface area contributed by atoms with E-state index in [1.54, 1.807) is 0 Å². The highest BCUT2D eigenvalue weighted by Crippen LogP contribution is 2.29. The van der Waals surface area contributed by atoms with E-state index >= 15 is 0 Å². The number of nitrogens with one attached hydrogen (secondary N) is 1. The number of rotatable bonds is 12. The zero-order valence-electron chi connectivity index (χ0n) is 26.5. The van der Waals surface area contributed by atoms with Crippen LogP contribution in [-0.4, -0.2) is 54.2 Å². The van der Waals surface area contributed by atoms with Crippen LogP contribution in [0.5, 0.6) is 5.75 Å². The third kappa shape index (κ3) is 6.72. The van der Waals surface area contributed by atoms with Gasteiger partial charge < -0.3 is 14.2 Å². The highest BCUT2D eigenvalue weighted by molar-refractivity contribution is 5.95. The summed E-state index contributed by atoms with van der Waals surface area (Å²) in [6.07, 6.45) is 3.46. The predicted molar refractivity (Wildman–Crippen MR) is 181 cm³/mol. The molecule has 3 heterocycles. The summed E-state index contributed by atoms with van der Waals surface area (Å²) in [5.41, 5.74) is 6.08. The average Bonchev–Trinajstić information content (AvgIpc) is 3.77. The number of aromatic nitrogens is 6. The highest BCUT2D eigenvalue weighted by atomic mass is 16.5. The van der Waals surface area contributed by atoms with E-state index in [-0.39, 0.29) is 6.03 Å². The van der Waals surface area contributed by atoms with Crippen LogP contribution in [0.15, 0.2) is 103 Å². The molecule has 0 spiro atoms. The number of imidazole rings is 1. The van der Waals surface area contributed by atoms with Gasteiger partial charge in [0.15, 0.2) is 6.10 Å². The Morgan fingerprint density at radius 1 is 0.872 bits per heavy atom. The topological polar surface area (TPSA) is 105 Å². The molecule has 1 atom stereocenters. The van der Waals surface area contributed by atoms with Gasteiger partial charge in [-0.2, -0.15) is 5.21 Å². The molecule has 47 heavy (non-hydrogen) atoms. The third-order valence-electron chi connectivity index (χ3n) is 8.62. The lowest BCUT2D eigenvalue weighted by Gasteiger charge is -2.35. The Balaban J connectivity index is 1.14. The van der Waals surface area contributed by atoms with Gasteiger partial charge in [-0.3, -0.25) is 4.90 Å². The van der Waals surface area contributed by atoms with Gasteiger partial charge in [0.05, 0.1) is 11.0 Å². The van der Waals surface area contributed by atoms with Crippen LogP contribution in [-0.2, 0) is 19.5 Å². The second kappa shape index (κ2) is 13.9. The molecule has 0 radical (unpaired) electrons. The van der Waals surface area contributed by atoms with Gasteiger partial charge in [0, 0.05) is 43.9 Å². The fourth-order valence-corrected chi connectivity index (χ4v) is 6.17. The quantitative estimate of drug-likeness (QED) is 0.158. The van der Waals surface area contributed by atoms with Crippen molar-refractivity contribution in [2.75, 3.05) is 18.0 Å². The summed E-state index contributed by atoms with van der Waals surface area (Å²) in [6, 6.07) is 34.5. The first-order valence-corrected chi connectivity index (χ1v) is 16.3. The molecule has 2 aromatic heterocycles. The second-order valence-corrected chi connectivity index (χ2v) is 11.9. The van der Waals surface area contributed by atoms with Gasteiger partial charge in [-0.25, -0.2) is 9.78 Å². The molecule has 0 aliphatic carbocycles. The Morgan fingerprint density at radius 3 is 2.38 bits per heavy atom. The van der Waals surface area contributed by atoms with Crippen LogP contribution in [0.3, 0.4) is 0 Å². The molecule has 1 aliphatic rings. The standard InChI is InChI=1S/C37H38N8O2/c1-2-3-15-34-38-32-21-18-30(44-23-10-22-43(37(44)46)25-27-11-6-4-7-12-27)24-33(32)45(34)26-28-16-19-31(20-17-28)47-35(36-39-41-42-40-36)29-13-8-5-9-14-29/h4-9,11-14,16-21,24,35H,2-3,10,15,22-23,25-26H2,1H3,(H,39,40,41,42). The first kappa shape index (κ1) is 30.2. The maximum Gasteiger partial charge on any atom is 0.324 e. The molecule has 238 valence electrons. The molecule has 6 aromatic rings. The van der Waals surface area contributed by atoms with Crippen LogP contribution in [0.2, 0.25) is 0 Å². The highest BCUT2D eigenvalue weighted by Gasteiger charge is 2.27. The zero-order valence-corrected chi connectivity index (χ0v) is 26.5. The molecule has 4 aromatic carbocycles. The lowest BCUT2D eigenvalue weighted by Crippen LogP contribution is -2.49. The monoisotopic (exact) mass is 626 g/mol. The van der Waals surface area contributed by atoms with Crippen molar-refractivity contribution >= 4 is 22.8 Å². The number of hydrogen-bond donors (Lipinski definition) is 1. The minimum Gasteiger partial charge on any atom is -0.478 e. The number of tetrazole rings is 1. The summed E-state index contributed by atoms with van der Waals surface area (Å²) < 4.78 is 8.67. The van der Waals surface area contributed by atoms with Gasteiger partial charge in [0.25, 0.3) is 0 Å². The molecule has 1 N–H and O–H groups in total. The van der Waals surface area contributed by atoms with Gasteiger partial charge in [0.2, 0.25) is 5.82 Å². The molecule has 10 nitrogen and oxygen atoms in total. The second-order valence-electron chi connectivity index (χ2n) is 11.9. The minimum atomic E-state index is -0.487. The lowest BCUT2D eigenvalue weighted by atomic mass is 10.1. The van der Waals surface area contributed by atoms with Gasteiger partial charge in [-0.1, -0.05) is 91.4 Å². The van der Waals surface area contributed by atoms with Crippen LogP contribution in [0.25, 0.3) is 11.0 Å². The zero-order chi connectivity index (χ0) is 32.0. The van der Waals surface area contributed by atoms with Crippen LogP contribution in [0, 0.1) is 0 Å². The van der Waals surface area contributed by atoms with Gasteiger partial charge in [0.1, 0.15) is 11.6 Å². The molecule has 0 bridgehead atoms. The largest absolute Gasteiger partial charge is 0.478 e. The molecular weight excluding hydrogens is 588 g/mol.